The number of rotatable bonds is 5. The summed E-state index contributed by atoms with van der Waals surface area (Å²) < 4.78 is 1.29. The number of halogens is 1. The van der Waals surface area contributed by atoms with Crippen molar-refractivity contribution >= 4 is 22.6 Å². The molecule has 1 nitrogen and oxygen atoms in total. The lowest BCUT2D eigenvalue weighted by atomic mass is 10.1. The summed E-state index contributed by atoms with van der Waals surface area (Å²) >= 11 is 2.34. The van der Waals surface area contributed by atoms with E-state index < -0.39 is 0 Å². The maximum absolute atomic E-state index is 3.58. The third-order valence-corrected chi connectivity index (χ3v) is 4.04. The molecule has 2 heteroatoms. The van der Waals surface area contributed by atoms with Crippen LogP contribution in [0.4, 0.5) is 0 Å². The van der Waals surface area contributed by atoms with Gasteiger partial charge in [-0.05, 0) is 72.7 Å². The summed E-state index contributed by atoms with van der Waals surface area (Å²) in [4.78, 5) is 0. The van der Waals surface area contributed by atoms with Crippen molar-refractivity contribution in [3.63, 3.8) is 0 Å². The van der Waals surface area contributed by atoms with Gasteiger partial charge in [-0.25, -0.2) is 0 Å². The van der Waals surface area contributed by atoms with Crippen LogP contribution in [-0.4, -0.2) is 6.54 Å². The second-order valence-electron chi connectivity index (χ2n) is 4.97. The van der Waals surface area contributed by atoms with Gasteiger partial charge in [0.2, 0.25) is 0 Å². The molecule has 0 saturated heterocycles. The van der Waals surface area contributed by atoms with Gasteiger partial charge < -0.3 is 5.32 Å². The molecule has 2 aromatic rings. The molecular weight excluding hydrogens is 345 g/mol. The maximum Gasteiger partial charge on any atom is 0.0291 e. The van der Waals surface area contributed by atoms with Gasteiger partial charge in [-0.15, -0.1) is 0 Å². The highest BCUT2D eigenvalue weighted by Crippen LogP contribution is 2.14. The second-order valence-corrected chi connectivity index (χ2v) is 6.21. The zero-order valence-corrected chi connectivity index (χ0v) is 13.6. The summed E-state index contributed by atoms with van der Waals surface area (Å²) in [6.07, 6.45) is 1.08. The van der Waals surface area contributed by atoms with Gasteiger partial charge in [-0.2, -0.15) is 0 Å². The van der Waals surface area contributed by atoms with Crippen LogP contribution >= 0.6 is 22.6 Å². The van der Waals surface area contributed by atoms with Gasteiger partial charge in [0.05, 0.1) is 0 Å². The van der Waals surface area contributed by atoms with E-state index in [4.69, 9.17) is 0 Å². The number of hydrogen-bond acceptors (Lipinski definition) is 1. The largest absolute Gasteiger partial charge is 0.310 e. The quantitative estimate of drug-likeness (QED) is 0.770. The lowest BCUT2D eigenvalue weighted by Gasteiger charge is -2.14. The van der Waals surface area contributed by atoms with Crippen LogP contribution in [0, 0.1) is 10.5 Å². The van der Waals surface area contributed by atoms with Crippen LogP contribution in [0.15, 0.2) is 48.5 Å². The predicted molar refractivity (Wildman–Crippen MR) is 90.5 cm³/mol. The minimum Gasteiger partial charge on any atom is -0.310 e. The molecule has 2 aromatic carbocycles. The van der Waals surface area contributed by atoms with Crippen molar-refractivity contribution in [2.45, 2.75) is 26.3 Å². The normalized spacial score (nSPS) is 12.4. The molecule has 19 heavy (non-hydrogen) atoms. The molecule has 2 rings (SSSR count). The molecule has 0 aromatic heterocycles. The van der Waals surface area contributed by atoms with E-state index in [0.717, 1.165) is 13.0 Å². The summed E-state index contributed by atoms with van der Waals surface area (Å²) in [6.45, 7) is 5.38. The first-order valence-corrected chi connectivity index (χ1v) is 7.77. The van der Waals surface area contributed by atoms with E-state index in [9.17, 15) is 0 Å². The molecule has 0 heterocycles. The molecule has 0 spiro atoms. The molecule has 1 atom stereocenters. The van der Waals surface area contributed by atoms with Crippen molar-refractivity contribution in [1.82, 2.24) is 5.32 Å². The van der Waals surface area contributed by atoms with E-state index in [1.165, 1.54) is 20.3 Å². The Bertz CT molecular complexity index is 519. The SMILES string of the molecule is Cc1cccc(CCNC(C)c2ccc(I)cc2)c1. The standard InChI is InChI=1S/C17H20IN/c1-13-4-3-5-15(12-13)10-11-19-14(2)16-6-8-17(18)9-7-16/h3-9,12,14,19H,10-11H2,1-2H3. The summed E-state index contributed by atoms with van der Waals surface area (Å²) in [5.41, 5.74) is 4.09. The molecule has 1 unspecified atom stereocenters. The Hall–Kier alpha value is -0.870. The van der Waals surface area contributed by atoms with Crippen LogP contribution < -0.4 is 5.32 Å². The number of benzene rings is 2. The Kier molecular flexibility index (Phi) is 5.40. The van der Waals surface area contributed by atoms with Crippen molar-refractivity contribution in [3.8, 4) is 0 Å². The van der Waals surface area contributed by atoms with Crippen LogP contribution in [0.25, 0.3) is 0 Å². The zero-order valence-electron chi connectivity index (χ0n) is 11.5. The van der Waals surface area contributed by atoms with Crippen LogP contribution in [-0.2, 0) is 6.42 Å². The Balaban J connectivity index is 1.84. The minimum atomic E-state index is 0.404. The molecule has 100 valence electrons. The highest BCUT2D eigenvalue weighted by Gasteiger charge is 2.04. The summed E-state index contributed by atoms with van der Waals surface area (Å²) in [5, 5.41) is 3.58. The molecular formula is C17H20IN. The summed E-state index contributed by atoms with van der Waals surface area (Å²) in [6, 6.07) is 17.9. The number of nitrogens with one attached hydrogen (secondary N) is 1. The molecule has 1 N–H and O–H groups in total. The average molecular weight is 365 g/mol. The first kappa shape index (κ1) is 14.5. The first-order valence-electron chi connectivity index (χ1n) is 6.69. The van der Waals surface area contributed by atoms with Crippen LogP contribution in [0.5, 0.6) is 0 Å². The maximum atomic E-state index is 3.58. The number of aryl methyl sites for hydroxylation is 1. The van der Waals surface area contributed by atoms with Crippen molar-refractivity contribution in [3.05, 3.63) is 68.8 Å². The molecule has 0 aliphatic heterocycles. The van der Waals surface area contributed by atoms with Gasteiger partial charge >= 0.3 is 0 Å². The third kappa shape index (κ3) is 4.62. The fourth-order valence-corrected chi connectivity index (χ4v) is 2.53. The van der Waals surface area contributed by atoms with Crippen molar-refractivity contribution in [2.75, 3.05) is 6.54 Å². The fraction of sp³-hybridized carbons (Fsp3) is 0.294. The Labute approximate surface area is 129 Å². The Morgan fingerprint density at radius 2 is 1.84 bits per heavy atom. The predicted octanol–water partition coefficient (Wildman–Crippen LogP) is 4.49. The highest BCUT2D eigenvalue weighted by atomic mass is 127. The first-order chi connectivity index (χ1) is 9.15. The molecule has 0 fully saturated rings. The van der Waals surface area contributed by atoms with Crippen molar-refractivity contribution < 1.29 is 0 Å². The molecule has 0 amide bonds. The van der Waals surface area contributed by atoms with E-state index in [0.29, 0.717) is 6.04 Å². The van der Waals surface area contributed by atoms with Gasteiger partial charge in [0.25, 0.3) is 0 Å². The van der Waals surface area contributed by atoms with E-state index in [1.807, 2.05) is 0 Å². The molecule has 0 bridgehead atoms. The van der Waals surface area contributed by atoms with Crippen molar-refractivity contribution in [1.29, 1.82) is 0 Å². The van der Waals surface area contributed by atoms with Gasteiger partial charge in [0.15, 0.2) is 0 Å². The topological polar surface area (TPSA) is 12.0 Å². The van der Waals surface area contributed by atoms with E-state index in [1.54, 1.807) is 0 Å². The van der Waals surface area contributed by atoms with E-state index in [-0.39, 0.29) is 0 Å². The lowest BCUT2D eigenvalue weighted by molar-refractivity contribution is 0.577. The van der Waals surface area contributed by atoms with Gasteiger partial charge in [0, 0.05) is 9.61 Å². The summed E-state index contributed by atoms with van der Waals surface area (Å²) in [7, 11) is 0. The lowest BCUT2D eigenvalue weighted by Crippen LogP contribution is -2.21. The zero-order chi connectivity index (χ0) is 13.7. The average Bonchev–Trinajstić information content (AvgIpc) is 2.39. The second kappa shape index (κ2) is 7.06. The Morgan fingerprint density at radius 1 is 1.11 bits per heavy atom. The van der Waals surface area contributed by atoms with Gasteiger partial charge in [-0.1, -0.05) is 42.0 Å². The molecule has 0 radical (unpaired) electrons. The number of hydrogen-bond donors (Lipinski definition) is 1. The summed E-state index contributed by atoms with van der Waals surface area (Å²) in [5.74, 6) is 0. The van der Waals surface area contributed by atoms with Gasteiger partial charge in [0.1, 0.15) is 0 Å². The van der Waals surface area contributed by atoms with Gasteiger partial charge in [-0.3, -0.25) is 0 Å². The Morgan fingerprint density at radius 3 is 2.53 bits per heavy atom. The molecule has 0 aliphatic rings. The van der Waals surface area contributed by atoms with E-state index in [2.05, 4.69) is 90.3 Å². The third-order valence-electron chi connectivity index (χ3n) is 3.32. The van der Waals surface area contributed by atoms with Crippen LogP contribution in [0.1, 0.15) is 29.7 Å². The molecule has 0 aliphatic carbocycles. The van der Waals surface area contributed by atoms with Crippen molar-refractivity contribution in [2.24, 2.45) is 0 Å². The highest BCUT2D eigenvalue weighted by molar-refractivity contribution is 14.1. The van der Waals surface area contributed by atoms with Crippen LogP contribution in [0.2, 0.25) is 0 Å². The van der Waals surface area contributed by atoms with E-state index >= 15 is 0 Å². The monoisotopic (exact) mass is 365 g/mol. The van der Waals surface area contributed by atoms with Crippen LogP contribution in [0.3, 0.4) is 0 Å². The fourth-order valence-electron chi connectivity index (χ4n) is 2.17. The molecule has 0 saturated carbocycles. The minimum absolute atomic E-state index is 0.404. The smallest absolute Gasteiger partial charge is 0.0291 e.